The van der Waals surface area contributed by atoms with Crippen molar-refractivity contribution in [3.8, 4) is 0 Å². The predicted molar refractivity (Wildman–Crippen MR) is 81.7 cm³/mol. The van der Waals surface area contributed by atoms with E-state index in [0.29, 0.717) is 6.04 Å². The molecular weight excluding hydrogens is 252 g/mol. The highest BCUT2D eigenvalue weighted by Gasteiger charge is 2.47. The second-order valence-electron chi connectivity index (χ2n) is 7.46. The molecule has 0 aromatic carbocycles. The van der Waals surface area contributed by atoms with Crippen molar-refractivity contribution < 1.29 is 0 Å². The van der Waals surface area contributed by atoms with Crippen molar-refractivity contribution in [3.63, 3.8) is 0 Å². The van der Waals surface area contributed by atoms with Gasteiger partial charge in [0.1, 0.15) is 0 Å². The number of hydrogen-bond acceptors (Lipinski definition) is 3. The summed E-state index contributed by atoms with van der Waals surface area (Å²) in [7, 11) is 2.12. The second kappa shape index (κ2) is 4.85. The molecule has 2 nitrogen and oxygen atoms in total. The van der Waals surface area contributed by atoms with Crippen LogP contribution in [0, 0.1) is 17.8 Å². The van der Waals surface area contributed by atoms with E-state index in [0.717, 1.165) is 24.2 Å². The lowest BCUT2D eigenvalue weighted by Crippen LogP contribution is -2.35. The maximum absolute atomic E-state index is 4.85. The van der Waals surface area contributed by atoms with Crippen LogP contribution in [-0.2, 0) is 11.8 Å². The Labute approximate surface area is 121 Å². The molecular formula is C16H26N2S. The van der Waals surface area contributed by atoms with Crippen LogP contribution < -0.4 is 5.32 Å². The summed E-state index contributed by atoms with van der Waals surface area (Å²) in [5.41, 5.74) is 1.43. The van der Waals surface area contributed by atoms with Gasteiger partial charge in [0.05, 0.1) is 10.7 Å². The smallest absolute Gasteiger partial charge is 0.0944 e. The van der Waals surface area contributed by atoms with Crippen LogP contribution in [0.5, 0.6) is 0 Å². The quantitative estimate of drug-likeness (QED) is 0.910. The van der Waals surface area contributed by atoms with Crippen LogP contribution in [-0.4, -0.2) is 18.1 Å². The maximum atomic E-state index is 4.85. The first-order chi connectivity index (χ1) is 8.97. The first kappa shape index (κ1) is 13.6. The average Bonchev–Trinajstić information content (AvgIpc) is 2.80. The minimum atomic E-state index is 0.179. The van der Waals surface area contributed by atoms with Crippen LogP contribution in [0.1, 0.15) is 50.7 Å². The van der Waals surface area contributed by atoms with Crippen molar-refractivity contribution in [2.45, 2.75) is 57.9 Å². The third kappa shape index (κ3) is 2.87. The Morgan fingerprint density at radius 1 is 1.32 bits per heavy atom. The summed E-state index contributed by atoms with van der Waals surface area (Å²) in [6.07, 6.45) is 5.53. The standard InChI is InChI=1S/C16H26N2S/c1-16(2,3)14-9-19-15(18-14)8-13(17-4)12-6-10-5-11(10)7-12/h9-13,17H,5-8H2,1-4H3. The Kier molecular flexibility index (Phi) is 3.46. The van der Waals surface area contributed by atoms with Gasteiger partial charge in [-0.05, 0) is 44.1 Å². The molecule has 1 aromatic rings. The van der Waals surface area contributed by atoms with Crippen LogP contribution in [0.25, 0.3) is 0 Å². The molecule has 2 fully saturated rings. The Bertz CT molecular complexity index is 436. The summed E-state index contributed by atoms with van der Waals surface area (Å²) in [5.74, 6) is 3.03. The summed E-state index contributed by atoms with van der Waals surface area (Å²) in [6.45, 7) is 6.73. The van der Waals surface area contributed by atoms with Crippen LogP contribution in [0.15, 0.2) is 5.38 Å². The van der Waals surface area contributed by atoms with Gasteiger partial charge in [-0.1, -0.05) is 20.8 Å². The minimum absolute atomic E-state index is 0.179. The van der Waals surface area contributed by atoms with E-state index in [2.05, 4.69) is 38.5 Å². The van der Waals surface area contributed by atoms with Gasteiger partial charge >= 0.3 is 0 Å². The Morgan fingerprint density at radius 2 is 2.00 bits per heavy atom. The number of aromatic nitrogens is 1. The molecule has 2 aliphatic carbocycles. The van der Waals surface area contributed by atoms with Gasteiger partial charge in [-0.2, -0.15) is 0 Å². The third-order valence-electron chi connectivity index (χ3n) is 4.93. The molecule has 3 rings (SSSR count). The average molecular weight is 278 g/mol. The first-order valence-corrected chi connectivity index (χ1v) is 8.47. The predicted octanol–water partition coefficient (Wildman–Crippen LogP) is 3.62. The summed E-state index contributed by atoms with van der Waals surface area (Å²) in [4.78, 5) is 4.85. The second-order valence-corrected chi connectivity index (χ2v) is 8.41. The first-order valence-electron chi connectivity index (χ1n) is 7.59. The highest BCUT2D eigenvalue weighted by atomic mass is 32.1. The molecule has 2 aliphatic rings. The van der Waals surface area contributed by atoms with E-state index >= 15 is 0 Å². The Morgan fingerprint density at radius 3 is 2.53 bits per heavy atom. The molecule has 0 saturated heterocycles. The maximum Gasteiger partial charge on any atom is 0.0944 e. The van der Waals surface area contributed by atoms with E-state index in [1.165, 1.54) is 30.0 Å². The molecule has 0 spiro atoms. The number of thiazole rings is 1. The third-order valence-corrected chi connectivity index (χ3v) is 5.81. The molecule has 19 heavy (non-hydrogen) atoms. The minimum Gasteiger partial charge on any atom is -0.316 e. The topological polar surface area (TPSA) is 24.9 Å². The summed E-state index contributed by atoms with van der Waals surface area (Å²) >= 11 is 1.84. The lowest BCUT2D eigenvalue weighted by atomic mass is 9.92. The van der Waals surface area contributed by atoms with Gasteiger partial charge in [0.25, 0.3) is 0 Å². The fraction of sp³-hybridized carbons (Fsp3) is 0.812. The summed E-state index contributed by atoms with van der Waals surface area (Å²) in [5, 5.41) is 7.10. The SMILES string of the molecule is CNC(Cc1nc(C(C)(C)C)cs1)C1CC2CC2C1. The van der Waals surface area contributed by atoms with Crippen LogP contribution in [0.3, 0.4) is 0 Å². The zero-order valence-electron chi connectivity index (χ0n) is 12.6. The van der Waals surface area contributed by atoms with Gasteiger partial charge < -0.3 is 5.32 Å². The van der Waals surface area contributed by atoms with Gasteiger partial charge in [0.2, 0.25) is 0 Å². The molecule has 3 unspecified atom stereocenters. The van der Waals surface area contributed by atoms with Gasteiger partial charge in [-0.15, -0.1) is 11.3 Å². The summed E-state index contributed by atoms with van der Waals surface area (Å²) in [6, 6.07) is 0.631. The molecule has 1 aromatic heterocycles. The van der Waals surface area contributed by atoms with Gasteiger partial charge in [-0.25, -0.2) is 4.98 Å². The molecule has 1 N–H and O–H groups in total. The lowest BCUT2D eigenvalue weighted by Gasteiger charge is -2.23. The van der Waals surface area contributed by atoms with Crippen LogP contribution in [0.4, 0.5) is 0 Å². The van der Waals surface area contributed by atoms with Crippen molar-refractivity contribution in [2.24, 2.45) is 17.8 Å². The molecule has 2 saturated carbocycles. The molecule has 0 amide bonds. The fourth-order valence-corrected chi connectivity index (χ4v) is 4.61. The van der Waals surface area contributed by atoms with Crippen molar-refractivity contribution in [1.82, 2.24) is 10.3 Å². The Balaban J connectivity index is 1.64. The van der Waals surface area contributed by atoms with Crippen molar-refractivity contribution in [2.75, 3.05) is 7.05 Å². The van der Waals surface area contributed by atoms with E-state index in [-0.39, 0.29) is 5.41 Å². The van der Waals surface area contributed by atoms with Crippen molar-refractivity contribution in [1.29, 1.82) is 0 Å². The summed E-state index contributed by atoms with van der Waals surface area (Å²) < 4.78 is 0. The van der Waals surface area contributed by atoms with E-state index in [1.54, 1.807) is 0 Å². The zero-order chi connectivity index (χ0) is 13.6. The van der Waals surface area contributed by atoms with Gasteiger partial charge in [0.15, 0.2) is 0 Å². The highest BCUT2D eigenvalue weighted by molar-refractivity contribution is 7.09. The lowest BCUT2D eigenvalue weighted by molar-refractivity contribution is 0.348. The monoisotopic (exact) mass is 278 g/mol. The number of fused-ring (bicyclic) bond motifs is 1. The number of likely N-dealkylation sites (N-methyl/N-ethyl adjacent to an activating group) is 1. The molecule has 3 heteroatoms. The van der Waals surface area contributed by atoms with E-state index in [1.807, 2.05) is 11.3 Å². The number of nitrogens with one attached hydrogen (secondary N) is 1. The molecule has 0 bridgehead atoms. The molecule has 1 heterocycles. The molecule has 0 aliphatic heterocycles. The van der Waals surface area contributed by atoms with Crippen molar-refractivity contribution >= 4 is 11.3 Å². The number of rotatable bonds is 4. The van der Waals surface area contributed by atoms with Gasteiger partial charge in [-0.3, -0.25) is 0 Å². The highest BCUT2D eigenvalue weighted by Crippen LogP contribution is 2.55. The van der Waals surface area contributed by atoms with E-state index in [9.17, 15) is 0 Å². The Hall–Kier alpha value is -0.410. The fourth-order valence-electron chi connectivity index (χ4n) is 3.53. The van der Waals surface area contributed by atoms with E-state index < -0.39 is 0 Å². The number of hydrogen-bond donors (Lipinski definition) is 1. The van der Waals surface area contributed by atoms with Gasteiger partial charge in [0, 0.05) is 23.3 Å². The molecule has 0 radical (unpaired) electrons. The largest absolute Gasteiger partial charge is 0.316 e. The van der Waals surface area contributed by atoms with E-state index in [4.69, 9.17) is 4.98 Å². The normalized spacial score (nSPS) is 31.3. The van der Waals surface area contributed by atoms with Crippen LogP contribution >= 0.6 is 11.3 Å². The molecule has 3 atom stereocenters. The van der Waals surface area contributed by atoms with Crippen molar-refractivity contribution in [3.05, 3.63) is 16.1 Å². The molecule has 106 valence electrons. The number of nitrogens with zero attached hydrogens (tertiary/aromatic N) is 1. The zero-order valence-corrected chi connectivity index (χ0v) is 13.4. The van der Waals surface area contributed by atoms with Crippen LogP contribution in [0.2, 0.25) is 0 Å².